The summed E-state index contributed by atoms with van der Waals surface area (Å²) in [6.45, 7) is 0.990. The Bertz CT molecular complexity index is 400. The van der Waals surface area contributed by atoms with Crippen molar-refractivity contribution in [2.24, 2.45) is 11.3 Å². The van der Waals surface area contributed by atoms with Crippen LogP contribution in [0, 0.1) is 23.7 Å². The maximum atomic E-state index is 12.3. The molecular formula is C15H21NO3. The lowest BCUT2D eigenvalue weighted by Gasteiger charge is -2.27. The number of carbonyl (C=O) groups excluding carboxylic acids is 1. The van der Waals surface area contributed by atoms with Gasteiger partial charge in [0.05, 0.1) is 12.0 Å². The van der Waals surface area contributed by atoms with Gasteiger partial charge in [-0.05, 0) is 31.6 Å². The zero-order chi connectivity index (χ0) is 13.9. The molecular weight excluding hydrogens is 242 g/mol. The van der Waals surface area contributed by atoms with Crippen LogP contribution in [0.1, 0.15) is 44.9 Å². The Kier molecular flexibility index (Phi) is 4.14. The molecule has 0 aliphatic heterocycles. The first kappa shape index (κ1) is 13.9. The molecule has 0 radical (unpaired) electrons. The second-order valence-electron chi connectivity index (χ2n) is 5.89. The smallest absolute Gasteiger partial charge is 0.310 e. The number of terminal acetylenes is 1. The van der Waals surface area contributed by atoms with Gasteiger partial charge in [0.25, 0.3) is 0 Å². The molecule has 0 aromatic carbocycles. The maximum Gasteiger partial charge on any atom is 0.310 e. The van der Waals surface area contributed by atoms with E-state index in [0.717, 1.165) is 25.7 Å². The van der Waals surface area contributed by atoms with Crippen LogP contribution in [-0.2, 0) is 9.59 Å². The number of amides is 1. The number of carboxylic acids is 1. The quantitative estimate of drug-likeness (QED) is 0.745. The van der Waals surface area contributed by atoms with Gasteiger partial charge >= 0.3 is 5.97 Å². The summed E-state index contributed by atoms with van der Waals surface area (Å²) in [4.78, 5) is 25.5. The minimum absolute atomic E-state index is 0.0887. The summed E-state index contributed by atoms with van der Waals surface area (Å²) in [5.74, 6) is 2.16. The molecule has 0 atom stereocenters. The molecule has 0 spiro atoms. The molecule has 0 unspecified atom stereocenters. The van der Waals surface area contributed by atoms with Crippen LogP contribution >= 0.6 is 0 Å². The SMILES string of the molecule is C#CCN(CC1CC1)C(=O)CC1(C(=O)O)CCCC1. The van der Waals surface area contributed by atoms with Crippen molar-refractivity contribution >= 4 is 11.9 Å². The van der Waals surface area contributed by atoms with Gasteiger partial charge in [-0.2, -0.15) is 0 Å². The number of rotatable bonds is 6. The highest BCUT2D eigenvalue weighted by Gasteiger charge is 2.44. The molecule has 2 aliphatic rings. The Morgan fingerprint density at radius 2 is 1.95 bits per heavy atom. The van der Waals surface area contributed by atoms with Crippen LogP contribution in [0.15, 0.2) is 0 Å². The minimum atomic E-state index is -0.840. The van der Waals surface area contributed by atoms with Crippen LogP contribution in [0.4, 0.5) is 0 Å². The van der Waals surface area contributed by atoms with Crippen molar-refractivity contribution < 1.29 is 14.7 Å². The zero-order valence-corrected chi connectivity index (χ0v) is 11.2. The van der Waals surface area contributed by atoms with Crippen molar-refractivity contribution in [2.75, 3.05) is 13.1 Å². The van der Waals surface area contributed by atoms with Crippen molar-refractivity contribution in [2.45, 2.75) is 44.9 Å². The van der Waals surface area contributed by atoms with Gasteiger partial charge in [0, 0.05) is 13.0 Å². The van der Waals surface area contributed by atoms with E-state index in [4.69, 9.17) is 6.42 Å². The maximum absolute atomic E-state index is 12.3. The largest absolute Gasteiger partial charge is 0.481 e. The average Bonchev–Trinajstić information content (AvgIpc) is 3.05. The molecule has 0 saturated heterocycles. The molecule has 1 N–H and O–H groups in total. The second-order valence-corrected chi connectivity index (χ2v) is 5.89. The van der Waals surface area contributed by atoms with Gasteiger partial charge in [-0.15, -0.1) is 6.42 Å². The summed E-state index contributed by atoms with van der Waals surface area (Å²) in [5.41, 5.74) is -0.840. The summed E-state index contributed by atoms with van der Waals surface area (Å²) in [5, 5.41) is 9.41. The summed E-state index contributed by atoms with van der Waals surface area (Å²) < 4.78 is 0. The van der Waals surface area contributed by atoms with Crippen LogP contribution in [0.25, 0.3) is 0 Å². The number of carboxylic acid groups (broad SMARTS) is 1. The van der Waals surface area contributed by atoms with Gasteiger partial charge in [-0.25, -0.2) is 0 Å². The van der Waals surface area contributed by atoms with E-state index in [1.54, 1.807) is 4.90 Å². The normalized spacial score (nSPS) is 20.8. The lowest BCUT2D eigenvalue weighted by Crippen LogP contribution is -2.39. The Morgan fingerprint density at radius 1 is 1.32 bits per heavy atom. The first-order chi connectivity index (χ1) is 9.07. The van der Waals surface area contributed by atoms with Crippen LogP contribution in [0.3, 0.4) is 0 Å². The van der Waals surface area contributed by atoms with Crippen LogP contribution in [0.5, 0.6) is 0 Å². The van der Waals surface area contributed by atoms with Gasteiger partial charge in [-0.3, -0.25) is 9.59 Å². The minimum Gasteiger partial charge on any atom is -0.481 e. The number of hydrogen-bond acceptors (Lipinski definition) is 2. The number of nitrogens with zero attached hydrogens (tertiary/aromatic N) is 1. The molecule has 4 nitrogen and oxygen atoms in total. The monoisotopic (exact) mass is 263 g/mol. The van der Waals surface area contributed by atoms with E-state index >= 15 is 0 Å². The van der Waals surface area contributed by atoms with E-state index in [-0.39, 0.29) is 12.3 Å². The molecule has 2 rings (SSSR count). The lowest BCUT2D eigenvalue weighted by atomic mass is 9.82. The molecule has 2 saturated carbocycles. The molecule has 0 bridgehead atoms. The van der Waals surface area contributed by atoms with Crippen molar-refractivity contribution in [3.8, 4) is 12.3 Å². The fraction of sp³-hybridized carbons (Fsp3) is 0.733. The highest BCUT2D eigenvalue weighted by atomic mass is 16.4. The highest BCUT2D eigenvalue weighted by Crippen LogP contribution is 2.42. The first-order valence-corrected chi connectivity index (χ1v) is 7.02. The highest BCUT2D eigenvalue weighted by molar-refractivity contribution is 5.85. The third-order valence-corrected chi connectivity index (χ3v) is 4.31. The molecule has 19 heavy (non-hydrogen) atoms. The predicted octanol–water partition coefficient (Wildman–Crippen LogP) is 1.89. The Labute approximate surface area is 114 Å². The molecule has 2 fully saturated rings. The Hall–Kier alpha value is -1.50. The number of hydrogen-bond donors (Lipinski definition) is 1. The van der Waals surface area contributed by atoms with E-state index in [9.17, 15) is 14.7 Å². The summed E-state index contributed by atoms with van der Waals surface area (Å²) in [7, 11) is 0. The third kappa shape index (κ3) is 3.28. The average molecular weight is 263 g/mol. The predicted molar refractivity (Wildman–Crippen MR) is 71.3 cm³/mol. The van der Waals surface area contributed by atoms with Gasteiger partial charge in [0.1, 0.15) is 0 Å². The van der Waals surface area contributed by atoms with Gasteiger partial charge < -0.3 is 10.0 Å². The van der Waals surface area contributed by atoms with Crippen LogP contribution in [-0.4, -0.2) is 35.0 Å². The van der Waals surface area contributed by atoms with E-state index in [1.165, 1.54) is 0 Å². The second kappa shape index (κ2) is 5.64. The fourth-order valence-electron chi connectivity index (χ4n) is 2.90. The summed E-state index contributed by atoms with van der Waals surface area (Å²) >= 11 is 0. The fourth-order valence-corrected chi connectivity index (χ4v) is 2.90. The molecule has 0 aromatic rings. The van der Waals surface area contributed by atoms with Crippen molar-refractivity contribution in [1.29, 1.82) is 0 Å². The molecule has 0 heterocycles. The molecule has 0 aromatic heterocycles. The molecule has 104 valence electrons. The van der Waals surface area contributed by atoms with Gasteiger partial charge in [-0.1, -0.05) is 18.8 Å². The summed E-state index contributed by atoms with van der Waals surface area (Å²) in [6.07, 6.45) is 10.7. The molecule has 1 amide bonds. The lowest BCUT2D eigenvalue weighted by molar-refractivity contribution is -0.153. The van der Waals surface area contributed by atoms with E-state index in [0.29, 0.717) is 31.8 Å². The Morgan fingerprint density at radius 3 is 2.42 bits per heavy atom. The topological polar surface area (TPSA) is 57.6 Å². The van der Waals surface area contributed by atoms with E-state index < -0.39 is 11.4 Å². The van der Waals surface area contributed by atoms with Crippen molar-refractivity contribution in [3.05, 3.63) is 0 Å². The van der Waals surface area contributed by atoms with Crippen LogP contribution < -0.4 is 0 Å². The van der Waals surface area contributed by atoms with Crippen molar-refractivity contribution in [3.63, 3.8) is 0 Å². The number of carbonyl (C=O) groups is 2. The Balaban J connectivity index is 2.00. The number of aliphatic carboxylic acids is 1. The molecule has 2 aliphatic carbocycles. The van der Waals surface area contributed by atoms with Gasteiger partial charge in [0.15, 0.2) is 0 Å². The standard InChI is InChI=1S/C15H21NO3/c1-2-9-16(11-12-5-6-12)13(17)10-15(14(18)19)7-3-4-8-15/h1,12H,3-11H2,(H,18,19). The van der Waals surface area contributed by atoms with Crippen molar-refractivity contribution in [1.82, 2.24) is 4.90 Å². The van der Waals surface area contributed by atoms with Crippen LogP contribution in [0.2, 0.25) is 0 Å². The third-order valence-electron chi connectivity index (χ3n) is 4.31. The van der Waals surface area contributed by atoms with E-state index in [1.807, 2.05) is 0 Å². The first-order valence-electron chi connectivity index (χ1n) is 7.02. The van der Waals surface area contributed by atoms with E-state index in [2.05, 4.69) is 5.92 Å². The molecule has 4 heteroatoms. The summed E-state index contributed by atoms with van der Waals surface area (Å²) in [6, 6.07) is 0. The zero-order valence-electron chi connectivity index (χ0n) is 11.2. The van der Waals surface area contributed by atoms with Gasteiger partial charge in [0.2, 0.25) is 5.91 Å².